The number of aliphatic hydroxyl groups is 1. The second-order valence-electron chi connectivity index (χ2n) is 6.18. The van der Waals surface area contributed by atoms with E-state index in [0.29, 0.717) is 6.54 Å². The van der Waals surface area contributed by atoms with Gasteiger partial charge in [0.05, 0.1) is 11.2 Å². The molecule has 18 heavy (non-hydrogen) atoms. The molecule has 3 N–H and O–H groups in total. The summed E-state index contributed by atoms with van der Waals surface area (Å²) in [6, 6.07) is 0. The van der Waals surface area contributed by atoms with Gasteiger partial charge in [0.15, 0.2) is 0 Å². The van der Waals surface area contributed by atoms with Crippen molar-refractivity contribution in [1.29, 1.82) is 0 Å². The van der Waals surface area contributed by atoms with Crippen LogP contribution < -0.4 is 5.73 Å². The molecule has 2 heterocycles. The molecule has 0 aliphatic carbocycles. The predicted molar refractivity (Wildman–Crippen MR) is 70.3 cm³/mol. The van der Waals surface area contributed by atoms with E-state index in [1.165, 1.54) is 0 Å². The van der Waals surface area contributed by atoms with E-state index < -0.39 is 5.60 Å². The van der Waals surface area contributed by atoms with Gasteiger partial charge in [0.1, 0.15) is 0 Å². The molecule has 1 spiro atoms. The molecule has 0 aromatic heterocycles. The summed E-state index contributed by atoms with van der Waals surface area (Å²) in [4.78, 5) is 0. The van der Waals surface area contributed by atoms with Crippen molar-refractivity contribution in [2.24, 2.45) is 17.6 Å². The Morgan fingerprint density at radius 3 is 2.56 bits per heavy atom. The van der Waals surface area contributed by atoms with E-state index in [-0.39, 0.29) is 17.4 Å². The molecule has 106 valence electrons. The van der Waals surface area contributed by atoms with Crippen molar-refractivity contribution in [2.45, 2.75) is 50.7 Å². The zero-order chi connectivity index (χ0) is 13.2. The van der Waals surface area contributed by atoms with Gasteiger partial charge in [0.2, 0.25) is 0 Å². The normalized spacial score (nSPS) is 31.5. The standard InChI is InChI=1S/C14H27NO3/c1-11(2)14(16,10-15)12-3-6-18-13(9-12)4-7-17-8-5-13/h11-12,16H,3-10,15H2,1-2H3. The highest BCUT2D eigenvalue weighted by molar-refractivity contribution is 4.98. The minimum atomic E-state index is -0.755. The first-order valence-corrected chi connectivity index (χ1v) is 7.16. The average molecular weight is 257 g/mol. The van der Waals surface area contributed by atoms with Crippen LogP contribution in [0, 0.1) is 11.8 Å². The van der Waals surface area contributed by atoms with Gasteiger partial charge in [-0.1, -0.05) is 13.8 Å². The van der Waals surface area contributed by atoms with Gasteiger partial charge < -0.3 is 20.3 Å². The van der Waals surface area contributed by atoms with Gasteiger partial charge >= 0.3 is 0 Å². The number of ether oxygens (including phenoxy) is 2. The molecule has 2 unspecified atom stereocenters. The highest BCUT2D eigenvalue weighted by atomic mass is 16.5. The summed E-state index contributed by atoms with van der Waals surface area (Å²) in [5.41, 5.74) is 5.02. The number of hydrogen-bond donors (Lipinski definition) is 2. The Bertz CT molecular complexity index is 271. The van der Waals surface area contributed by atoms with Crippen LogP contribution in [-0.4, -0.2) is 42.7 Å². The lowest BCUT2D eigenvalue weighted by molar-refractivity contribution is -0.180. The maximum Gasteiger partial charge on any atom is 0.0821 e. The summed E-state index contributed by atoms with van der Waals surface area (Å²) in [7, 11) is 0. The fourth-order valence-corrected chi connectivity index (χ4v) is 3.42. The zero-order valence-corrected chi connectivity index (χ0v) is 11.7. The molecule has 0 amide bonds. The third kappa shape index (κ3) is 2.57. The molecule has 0 bridgehead atoms. The molecule has 2 atom stereocenters. The minimum Gasteiger partial charge on any atom is -0.388 e. The fourth-order valence-electron chi connectivity index (χ4n) is 3.42. The second kappa shape index (κ2) is 5.45. The summed E-state index contributed by atoms with van der Waals surface area (Å²) in [5, 5.41) is 10.8. The second-order valence-corrected chi connectivity index (χ2v) is 6.18. The third-order valence-corrected chi connectivity index (χ3v) is 4.93. The van der Waals surface area contributed by atoms with Crippen LogP contribution in [0.4, 0.5) is 0 Å². The highest BCUT2D eigenvalue weighted by Crippen LogP contribution is 2.42. The van der Waals surface area contributed by atoms with E-state index in [2.05, 4.69) is 13.8 Å². The maximum atomic E-state index is 10.8. The van der Waals surface area contributed by atoms with Crippen molar-refractivity contribution >= 4 is 0 Å². The lowest BCUT2D eigenvalue weighted by Gasteiger charge is -2.49. The summed E-state index contributed by atoms with van der Waals surface area (Å²) < 4.78 is 11.4. The number of nitrogens with two attached hydrogens (primary N) is 1. The van der Waals surface area contributed by atoms with Crippen LogP contribution >= 0.6 is 0 Å². The summed E-state index contributed by atoms with van der Waals surface area (Å²) in [5.74, 6) is 0.428. The molecule has 2 aliphatic rings. The number of rotatable bonds is 3. The third-order valence-electron chi connectivity index (χ3n) is 4.93. The van der Waals surface area contributed by atoms with Crippen LogP contribution in [0.5, 0.6) is 0 Å². The Morgan fingerprint density at radius 2 is 2.00 bits per heavy atom. The number of hydrogen-bond acceptors (Lipinski definition) is 4. The van der Waals surface area contributed by atoms with Crippen molar-refractivity contribution in [3.63, 3.8) is 0 Å². The van der Waals surface area contributed by atoms with E-state index in [1.54, 1.807) is 0 Å². The molecule has 2 fully saturated rings. The quantitative estimate of drug-likeness (QED) is 0.800. The highest BCUT2D eigenvalue weighted by Gasteiger charge is 2.47. The van der Waals surface area contributed by atoms with E-state index in [9.17, 15) is 5.11 Å². The molecule has 0 radical (unpaired) electrons. The van der Waals surface area contributed by atoms with Crippen molar-refractivity contribution in [3.05, 3.63) is 0 Å². The zero-order valence-electron chi connectivity index (χ0n) is 11.7. The van der Waals surface area contributed by atoms with Gasteiger partial charge in [-0.15, -0.1) is 0 Å². The summed E-state index contributed by atoms with van der Waals surface area (Å²) in [6.45, 7) is 6.73. The lowest BCUT2D eigenvalue weighted by Crippen LogP contribution is -2.55. The molecule has 0 saturated carbocycles. The van der Waals surface area contributed by atoms with Crippen molar-refractivity contribution in [3.8, 4) is 0 Å². The first-order chi connectivity index (χ1) is 8.52. The van der Waals surface area contributed by atoms with Crippen LogP contribution in [0.2, 0.25) is 0 Å². The fraction of sp³-hybridized carbons (Fsp3) is 1.00. The largest absolute Gasteiger partial charge is 0.388 e. The average Bonchev–Trinajstić information content (AvgIpc) is 2.38. The van der Waals surface area contributed by atoms with E-state index in [0.717, 1.165) is 45.5 Å². The topological polar surface area (TPSA) is 64.7 Å². The molecule has 2 rings (SSSR count). The Labute approximate surface area is 110 Å². The van der Waals surface area contributed by atoms with Crippen LogP contribution in [0.25, 0.3) is 0 Å². The Balaban J connectivity index is 2.10. The van der Waals surface area contributed by atoms with Gasteiger partial charge in [0.25, 0.3) is 0 Å². The predicted octanol–water partition coefficient (Wildman–Crippen LogP) is 1.31. The van der Waals surface area contributed by atoms with Crippen LogP contribution in [0.3, 0.4) is 0 Å². The van der Waals surface area contributed by atoms with E-state index >= 15 is 0 Å². The van der Waals surface area contributed by atoms with Crippen LogP contribution in [0.1, 0.15) is 39.5 Å². The molecule has 0 aromatic carbocycles. The lowest BCUT2D eigenvalue weighted by atomic mass is 9.69. The summed E-state index contributed by atoms with van der Waals surface area (Å²) in [6.07, 6.45) is 3.72. The monoisotopic (exact) mass is 257 g/mol. The Kier molecular flexibility index (Phi) is 4.32. The Hall–Kier alpha value is -0.160. The molecule has 0 aromatic rings. The van der Waals surface area contributed by atoms with E-state index in [4.69, 9.17) is 15.2 Å². The van der Waals surface area contributed by atoms with Crippen molar-refractivity contribution in [2.75, 3.05) is 26.4 Å². The molecular formula is C14H27NO3. The SMILES string of the molecule is CC(C)C(O)(CN)C1CCOC2(CCOCC2)C1. The van der Waals surface area contributed by atoms with Gasteiger partial charge in [-0.3, -0.25) is 0 Å². The van der Waals surface area contributed by atoms with Crippen molar-refractivity contribution < 1.29 is 14.6 Å². The minimum absolute atomic E-state index is 0.0702. The Morgan fingerprint density at radius 1 is 1.33 bits per heavy atom. The van der Waals surface area contributed by atoms with Gasteiger partial charge in [-0.25, -0.2) is 0 Å². The molecule has 4 nitrogen and oxygen atoms in total. The molecule has 4 heteroatoms. The molecule has 2 saturated heterocycles. The first-order valence-electron chi connectivity index (χ1n) is 7.16. The molecular weight excluding hydrogens is 230 g/mol. The van der Waals surface area contributed by atoms with Crippen molar-refractivity contribution in [1.82, 2.24) is 0 Å². The summed E-state index contributed by atoms with van der Waals surface area (Å²) >= 11 is 0. The molecule has 2 aliphatic heterocycles. The van der Waals surface area contributed by atoms with Gasteiger partial charge in [0, 0.05) is 26.4 Å². The smallest absolute Gasteiger partial charge is 0.0821 e. The first kappa shape index (κ1) is 14.3. The van der Waals surface area contributed by atoms with E-state index in [1.807, 2.05) is 0 Å². The van der Waals surface area contributed by atoms with Gasteiger partial charge in [-0.2, -0.15) is 0 Å². The van der Waals surface area contributed by atoms with Gasteiger partial charge in [-0.05, 0) is 37.5 Å². The maximum absolute atomic E-state index is 10.8. The van der Waals surface area contributed by atoms with Crippen LogP contribution in [-0.2, 0) is 9.47 Å². The van der Waals surface area contributed by atoms with Crippen LogP contribution in [0.15, 0.2) is 0 Å².